The van der Waals surface area contributed by atoms with Gasteiger partial charge in [-0.05, 0) is 45.4 Å². The minimum atomic E-state index is -3.55. The molecule has 0 aliphatic carbocycles. The number of sulfonamides is 1. The topological polar surface area (TPSA) is 46.2 Å². The van der Waals surface area contributed by atoms with E-state index >= 15 is 0 Å². The van der Waals surface area contributed by atoms with Gasteiger partial charge in [0.25, 0.3) is 0 Å². The lowest BCUT2D eigenvalue weighted by molar-refractivity contribution is 0.491. The van der Waals surface area contributed by atoms with E-state index in [0.29, 0.717) is 0 Å². The zero-order valence-corrected chi connectivity index (χ0v) is 11.4. The van der Waals surface area contributed by atoms with Crippen LogP contribution in [0, 0.1) is 6.92 Å². The predicted molar refractivity (Wildman–Crippen MR) is 66.3 cm³/mol. The number of halogens is 1. The highest BCUT2D eigenvalue weighted by Gasteiger charge is 2.23. The van der Waals surface area contributed by atoms with Crippen LogP contribution in [0.15, 0.2) is 23.1 Å². The fourth-order valence-corrected chi connectivity index (χ4v) is 3.30. The molecule has 16 heavy (non-hydrogen) atoms. The molecule has 0 aliphatic heterocycles. The summed E-state index contributed by atoms with van der Waals surface area (Å²) in [5.41, 5.74) is 0.410. The van der Waals surface area contributed by atoms with Crippen molar-refractivity contribution in [2.45, 2.75) is 38.1 Å². The predicted octanol–water partition coefficient (Wildman–Crippen LogP) is 2.73. The van der Waals surface area contributed by atoms with Crippen molar-refractivity contribution in [1.82, 2.24) is 4.72 Å². The quantitative estimate of drug-likeness (QED) is 0.890. The Morgan fingerprint density at radius 3 is 2.25 bits per heavy atom. The molecule has 5 heteroatoms. The zero-order valence-electron chi connectivity index (χ0n) is 9.83. The van der Waals surface area contributed by atoms with E-state index in [-0.39, 0.29) is 9.92 Å². The van der Waals surface area contributed by atoms with Crippen LogP contribution in [0.5, 0.6) is 0 Å². The van der Waals surface area contributed by atoms with Crippen LogP contribution in [-0.2, 0) is 10.0 Å². The second kappa shape index (κ2) is 4.35. The molecule has 1 N–H and O–H groups in total. The lowest BCUT2D eigenvalue weighted by atomic mass is 10.1. The maximum absolute atomic E-state index is 12.0. The molecule has 0 bridgehead atoms. The maximum Gasteiger partial charge on any atom is 0.242 e. The SMILES string of the molecule is Cc1ccc(S(=O)(=O)NC(C)(C)C)c(Cl)c1. The van der Waals surface area contributed by atoms with Crippen LogP contribution in [0.1, 0.15) is 26.3 Å². The summed E-state index contributed by atoms with van der Waals surface area (Å²) in [6, 6.07) is 4.88. The number of hydrogen-bond acceptors (Lipinski definition) is 2. The molecule has 0 unspecified atom stereocenters. The van der Waals surface area contributed by atoms with Crippen molar-refractivity contribution in [2.75, 3.05) is 0 Å². The summed E-state index contributed by atoms with van der Waals surface area (Å²) in [7, 11) is -3.55. The van der Waals surface area contributed by atoms with E-state index in [1.807, 2.05) is 6.92 Å². The molecule has 0 saturated carbocycles. The Morgan fingerprint density at radius 1 is 1.25 bits per heavy atom. The van der Waals surface area contributed by atoms with Crippen molar-refractivity contribution < 1.29 is 8.42 Å². The van der Waals surface area contributed by atoms with Gasteiger partial charge in [0.1, 0.15) is 4.90 Å². The summed E-state index contributed by atoms with van der Waals surface area (Å²) in [6.45, 7) is 7.21. The van der Waals surface area contributed by atoms with Crippen molar-refractivity contribution >= 4 is 21.6 Å². The Kier molecular flexibility index (Phi) is 3.67. The summed E-state index contributed by atoms with van der Waals surface area (Å²) >= 11 is 5.92. The Labute approximate surface area is 102 Å². The summed E-state index contributed by atoms with van der Waals surface area (Å²) in [6.07, 6.45) is 0. The molecule has 0 amide bonds. The summed E-state index contributed by atoms with van der Waals surface area (Å²) in [5.74, 6) is 0. The molecular formula is C11H16ClNO2S. The highest BCUT2D eigenvalue weighted by molar-refractivity contribution is 7.89. The van der Waals surface area contributed by atoms with Gasteiger partial charge in [-0.2, -0.15) is 0 Å². The fourth-order valence-electron chi connectivity index (χ4n) is 1.28. The third-order valence-electron chi connectivity index (χ3n) is 1.82. The van der Waals surface area contributed by atoms with Gasteiger partial charge < -0.3 is 0 Å². The first-order valence-electron chi connectivity index (χ1n) is 4.92. The van der Waals surface area contributed by atoms with Gasteiger partial charge in [-0.15, -0.1) is 0 Å². The number of rotatable bonds is 2. The number of hydrogen-bond donors (Lipinski definition) is 1. The minimum absolute atomic E-state index is 0.120. The fraction of sp³-hybridized carbons (Fsp3) is 0.455. The van der Waals surface area contributed by atoms with Crippen molar-refractivity contribution in [3.63, 3.8) is 0 Å². The average Bonchev–Trinajstić information content (AvgIpc) is 1.97. The number of nitrogens with one attached hydrogen (secondary N) is 1. The molecule has 0 radical (unpaired) electrons. The number of aryl methyl sites for hydroxylation is 1. The Bertz CT molecular complexity index is 489. The highest BCUT2D eigenvalue weighted by atomic mass is 35.5. The van der Waals surface area contributed by atoms with Gasteiger partial charge in [-0.25, -0.2) is 13.1 Å². The van der Waals surface area contributed by atoms with E-state index < -0.39 is 15.6 Å². The maximum atomic E-state index is 12.0. The third kappa shape index (κ3) is 3.47. The van der Waals surface area contributed by atoms with Crippen molar-refractivity contribution in [3.8, 4) is 0 Å². The first-order chi connectivity index (χ1) is 7.12. The van der Waals surface area contributed by atoms with Crippen LogP contribution in [0.4, 0.5) is 0 Å². The molecule has 3 nitrogen and oxygen atoms in total. The molecule has 90 valence electrons. The monoisotopic (exact) mass is 261 g/mol. The first kappa shape index (κ1) is 13.5. The average molecular weight is 262 g/mol. The molecular weight excluding hydrogens is 246 g/mol. The third-order valence-corrected chi connectivity index (χ3v) is 4.06. The van der Waals surface area contributed by atoms with Gasteiger partial charge in [0.15, 0.2) is 0 Å². The van der Waals surface area contributed by atoms with Crippen LogP contribution in [0.25, 0.3) is 0 Å². The molecule has 1 rings (SSSR count). The van der Waals surface area contributed by atoms with E-state index in [1.54, 1.807) is 32.9 Å². The highest BCUT2D eigenvalue weighted by Crippen LogP contribution is 2.23. The number of benzene rings is 1. The molecule has 0 aromatic heterocycles. The van der Waals surface area contributed by atoms with E-state index in [1.165, 1.54) is 6.07 Å². The largest absolute Gasteiger partial charge is 0.242 e. The summed E-state index contributed by atoms with van der Waals surface area (Å²) in [5, 5.41) is 0.247. The van der Waals surface area contributed by atoms with E-state index in [9.17, 15) is 8.42 Å². The molecule has 0 spiro atoms. The van der Waals surface area contributed by atoms with Crippen LogP contribution >= 0.6 is 11.6 Å². The van der Waals surface area contributed by atoms with E-state index in [2.05, 4.69) is 4.72 Å². The Morgan fingerprint density at radius 2 is 1.81 bits per heavy atom. The molecule has 0 heterocycles. The summed E-state index contributed by atoms with van der Waals surface area (Å²) < 4.78 is 26.5. The van der Waals surface area contributed by atoms with E-state index in [0.717, 1.165) is 5.56 Å². The Hall–Kier alpha value is -0.580. The normalized spacial score (nSPS) is 12.8. The molecule has 1 aromatic carbocycles. The second-order valence-electron chi connectivity index (χ2n) is 4.79. The molecule has 0 atom stereocenters. The molecule has 0 saturated heterocycles. The molecule has 1 aromatic rings. The van der Waals surface area contributed by atoms with Crippen molar-refractivity contribution in [2.24, 2.45) is 0 Å². The van der Waals surface area contributed by atoms with E-state index in [4.69, 9.17) is 11.6 Å². The second-order valence-corrected chi connectivity index (χ2v) is 6.85. The van der Waals surface area contributed by atoms with Gasteiger partial charge in [-0.3, -0.25) is 0 Å². The van der Waals surface area contributed by atoms with Crippen LogP contribution < -0.4 is 4.72 Å². The Balaban J connectivity index is 3.18. The van der Waals surface area contributed by atoms with Gasteiger partial charge >= 0.3 is 0 Å². The minimum Gasteiger partial charge on any atom is -0.207 e. The summed E-state index contributed by atoms with van der Waals surface area (Å²) in [4.78, 5) is 0.120. The van der Waals surface area contributed by atoms with Crippen LogP contribution in [0.2, 0.25) is 5.02 Å². The first-order valence-corrected chi connectivity index (χ1v) is 6.78. The van der Waals surface area contributed by atoms with Crippen LogP contribution in [0.3, 0.4) is 0 Å². The lowest BCUT2D eigenvalue weighted by Crippen LogP contribution is -2.40. The molecule has 0 aliphatic rings. The van der Waals surface area contributed by atoms with Crippen molar-refractivity contribution in [1.29, 1.82) is 0 Å². The van der Waals surface area contributed by atoms with Gasteiger partial charge in [0.2, 0.25) is 10.0 Å². The zero-order chi connectivity index (χ0) is 12.6. The van der Waals surface area contributed by atoms with Gasteiger partial charge in [0, 0.05) is 5.54 Å². The smallest absolute Gasteiger partial charge is 0.207 e. The lowest BCUT2D eigenvalue weighted by Gasteiger charge is -2.20. The standard InChI is InChI=1S/C11H16ClNO2S/c1-8-5-6-10(9(12)7-8)16(14,15)13-11(2,3)4/h5-7,13H,1-4H3. The van der Waals surface area contributed by atoms with Gasteiger partial charge in [-0.1, -0.05) is 17.7 Å². The molecule has 0 fully saturated rings. The van der Waals surface area contributed by atoms with Gasteiger partial charge in [0.05, 0.1) is 5.02 Å². The van der Waals surface area contributed by atoms with Crippen molar-refractivity contribution in [3.05, 3.63) is 28.8 Å². The van der Waals surface area contributed by atoms with Crippen LogP contribution in [-0.4, -0.2) is 14.0 Å².